The molecule has 0 spiro atoms. The van der Waals surface area contributed by atoms with Gasteiger partial charge in [-0.2, -0.15) is 0 Å². The van der Waals surface area contributed by atoms with E-state index < -0.39 is 0 Å². The molecule has 1 heteroatoms. The van der Waals surface area contributed by atoms with Crippen molar-refractivity contribution >= 4 is 0 Å². The summed E-state index contributed by atoms with van der Waals surface area (Å²) >= 11 is 0. The normalized spacial score (nSPS) is 25.2. The molecule has 2 unspecified atom stereocenters. The molecule has 92 valence electrons. The zero-order valence-corrected chi connectivity index (χ0v) is 11.2. The van der Waals surface area contributed by atoms with Crippen molar-refractivity contribution in [1.82, 2.24) is 5.32 Å². The summed E-state index contributed by atoms with van der Waals surface area (Å²) in [5, 5.41) is 3.67. The third-order valence-electron chi connectivity index (χ3n) is 4.13. The molecule has 0 aromatic rings. The first-order valence-corrected chi connectivity index (χ1v) is 6.78. The van der Waals surface area contributed by atoms with Gasteiger partial charge in [0.1, 0.15) is 0 Å². The predicted molar refractivity (Wildman–Crippen MR) is 71.3 cm³/mol. The van der Waals surface area contributed by atoms with E-state index in [4.69, 9.17) is 6.42 Å². The van der Waals surface area contributed by atoms with Gasteiger partial charge in [0.05, 0.1) is 0 Å². The first kappa shape index (κ1) is 13.6. The summed E-state index contributed by atoms with van der Waals surface area (Å²) in [6.45, 7) is 8.13. The molecule has 0 amide bonds. The largest absolute Gasteiger partial charge is 0.314 e. The van der Waals surface area contributed by atoms with Crippen LogP contribution >= 0.6 is 0 Å². The molecule has 1 nitrogen and oxygen atoms in total. The Morgan fingerprint density at radius 2 is 2.25 bits per heavy atom. The summed E-state index contributed by atoms with van der Waals surface area (Å²) in [6.07, 6.45) is 12.8. The van der Waals surface area contributed by atoms with Gasteiger partial charge in [-0.3, -0.25) is 0 Å². The second-order valence-electron chi connectivity index (χ2n) is 5.75. The van der Waals surface area contributed by atoms with Gasteiger partial charge in [0.25, 0.3) is 0 Å². The third-order valence-corrected chi connectivity index (χ3v) is 4.13. The topological polar surface area (TPSA) is 12.0 Å². The number of nitrogens with one attached hydrogen (secondary N) is 1. The van der Waals surface area contributed by atoms with Crippen molar-refractivity contribution in [2.45, 2.75) is 65.3 Å². The highest BCUT2D eigenvalue weighted by Gasteiger charge is 2.38. The van der Waals surface area contributed by atoms with Gasteiger partial charge in [-0.05, 0) is 43.6 Å². The molecule has 0 aromatic heterocycles. The molecule has 0 radical (unpaired) electrons. The van der Waals surface area contributed by atoms with E-state index in [0.717, 1.165) is 18.9 Å². The van der Waals surface area contributed by atoms with E-state index in [-0.39, 0.29) is 0 Å². The molecule has 0 bridgehead atoms. The summed E-state index contributed by atoms with van der Waals surface area (Å²) in [7, 11) is 0. The van der Waals surface area contributed by atoms with E-state index in [1.165, 1.54) is 32.1 Å². The zero-order chi connectivity index (χ0) is 12.0. The van der Waals surface area contributed by atoms with Gasteiger partial charge < -0.3 is 5.32 Å². The van der Waals surface area contributed by atoms with Gasteiger partial charge >= 0.3 is 0 Å². The highest BCUT2D eigenvalue weighted by molar-refractivity contribution is 4.93. The maximum absolute atomic E-state index is 5.33. The second-order valence-corrected chi connectivity index (χ2v) is 5.75. The molecule has 1 saturated carbocycles. The van der Waals surface area contributed by atoms with E-state index in [9.17, 15) is 0 Å². The average molecular weight is 221 g/mol. The molecule has 1 fully saturated rings. The van der Waals surface area contributed by atoms with Crippen LogP contribution in [0.25, 0.3) is 0 Å². The van der Waals surface area contributed by atoms with Crippen LogP contribution in [0.5, 0.6) is 0 Å². The molecule has 0 heterocycles. The Hall–Kier alpha value is -0.480. The number of hydrogen-bond acceptors (Lipinski definition) is 1. The molecule has 0 saturated heterocycles. The lowest BCUT2D eigenvalue weighted by Crippen LogP contribution is -2.40. The number of rotatable bonds is 6. The standard InChI is InChI=1S/C15H27N/c1-5-7-8-11-14(16-6-2)13-10-9-12-15(13,3)4/h1,13-14,16H,6-12H2,2-4H3. The monoisotopic (exact) mass is 221 g/mol. The van der Waals surface area contributed by atoms with Crippen LogP contribution in [-0.2, 0) is 0 Å². The molecule has 16 heavy (non-hydrogen) atoms. The minimum Gasteiger partial charge on any atom is -0.314 e. The molecule has 0 aliphatic heterocycles. The Labute approximate surface area is 101 Å². The first-order valence-electron chi connectivity index (χ1n) is 6.78. The zero-order valence-electron chi connectivity index (χ0n) is 11.2. The number of terminal acetylenes is 1. The van der Waals surface area contributed by atoms with Crippen LogP contribution in [0.3, 0.4) is 0 Å². The van der Waals surface area contributed by atoms with Gasteiger partial charge in [0.15, 0.2) is 0 Å². The minimum absolute atomic E-state index is 0.517. The van der Waals surface area contributed by atoms with E-state index in [0.29, 0.717) is 11.5 Å². The smallest absolute Gasteiger partial charge is 0.0101 e. The highest BCUT2D eigenvalue weighted by atomic mass is 14.9. The maximum Gasteiger partial charge on any atom is 0.0101 e. The van der Waals surface area contributed by atoms with Crippen molar-refractivity contribution in [3.63, 3.8) is 0 Å². The fourth-order valence-electron chi connectivity index (χ4n) is 3.23. The number of unbranched alkanes of at least 4 members (excludes halogenated alkanes) is 1. The molecule has 1 aliphatic rings. The van der Waals surface area contributed by atoms with Crippen LogP contribution in [0.15, 0.2) is 0 Å². The quantitative estimate of drug-likeness (QED) is 0.534. The third kappa shape index (κ3) is 3.52. The van der Waals surface area contributed by atoms with Crippen molar-refractivity contribution in [3.05, 3.63) is 0 Å². The Balaban J connectivity index is 2.52. The van der Waals surface area contributed by atoms with Crippen molar-refractivity contribution in [2.24, 2.45) is 11.3 Å². The second kappa shape index (κ2) is 6.30. The molecule has 1 rings (SSSR count). The lowest BCUT2D eigenvalue weighted by Gasteiger charge is -2.34. The summed E-state index contributed by atoms with van der Waals surface area (Å²) in [6, 6.07) is 0.677. The number of hydrogen-bond donors (Lipinski definition) is 1. The van der Waals surface area contributed by atoms with Crippen LogP contribution in [0.1, 0.15) is 59.3 Å². The minimum atomic E-state index is 0.517. The molecule has 1 aliphatic carbocycles. The van der Waals surface area contributed by atoms with Crippen LogP contribution in [0.2, 0.25) is 0 Å². The summed E-state index contributed by atoms with van der Waals surface area (Å²) in [4.78, 5) is 0. The first-order chi connectivity index (χ1) is 7.61. The van der Waals surface area contributed by atoms with Crippen LogP contribution in [0, 0.1) is 23.7 Å². The van der Waals surface area contributed by atoms with Crippen LogP contribution in [0.4, 0.5) is 0 Å². The van der Waals surface area contributed by atoms with Crippen molar-refractivity contribution in [2.75, 3.05) is 6.54 Å². The van der Waals surface area contributed by atoms with Gasteiger partial charge in [0, 0.05) is 12.5 Å². The fraction of sp³-hybridized carbons (Fsp3) is 0.867. The van der Waals surface area contributed by atoms with E-state index in [1.54, 1.807) is 0 Å². The predicted octanol–water partition coefficient (Wildman–Crippen LogP) is 3.59. The van der Waals surface area contributed by atoms with Crippen molar-refractivity contribution in [1.29, 1.82) is 0 Å². The van der Waals surface area contributed by atoms with Gasteiger partial charge in [-0.15, -0.1) is 12.3 Å². The van der Waals surface area contributed by atoms with E-state index >= 15 is 0 Å². The Morgan fingerprint density at radius 1 is 1.50 bits per heavy atom. The summed E-state index contributed by atoms with van der Waals surface area (Å²) in [5.41, 5.74) is 0.517. The Morgan fingerprint density at radius 3 is 2.75 bits per heavy atom. The lowest BCUT2D eigenvalue weighted by atomic mass is 9.76. The van der Waals surface area contributed by atoms with Gasteiger partial charge in [-0.25, -0.2) is 0 Å². The Bertz CT molecular complexity index is 236. The molecular formula is C15H27N. The van der Waals surface area contributed by atoms with Crippen molar-refractivity contribution in [3.8, 4) is 12.3 Å². The highest BCUT2D eigenvalue weighted by Crippen LogP contribution is 2.45. The SMILES string of the molecule is C#CCCCC(NCC)C1CCCC1(C)C. The fourth-order valence-corrected chi connectivity index (χ4v) is 3.23. The molecule has 1 N–H and O–H groups in total. The Kier molecular flexibility index (Phi) is 5.35. The molecule has 2 atom stereocenters. The molecular weight excluding hydrogens is 194 g/mol. The molecule has 0 aromatic carbocycles. The van der Waals surface area contributed by atoms with E-state index in [2.05, 4.69) is 32.0 Å². The maximum atomic E-state index is 5.33. The van der Waals surface area contributed by atoms with Crippen LogP contribution in [-0.4, -0.2) is 12.6 Å². The summed E-state index contributed by atoms with van der Waals surface area (Å²) in [5.74, 6) is 3.59. The van der Waals surface area contributed by atoms with Gasteiger partial charge in [-0.1, -0.05) is 27.2 Å². The average Bonchev–Trinajstić information content (AvgIpc) is 2.57. The van der Waals surface area contributed by atoms with Gasteiger partial charge in [0.2, 0.25) is 0 Å². The van der Waals surface area contributed by atoms with E-state index in [1.807, 2.05) is 0 Å². The van der Waals surface area contributed by atoms with Crippen LogP contribution < -0.4 is 5.32 Å². The lowest BCUT2D eigenvalue weighted by molar-refractivity contribution is 0.189. The summed E-state index contributed by atoms with van der Waals surface area (Å²) < 4.78 is 0. The van der Waals surface area contributed by atoms with Crippen molar-refractivity contribution < 1.29 is 0 Å².